The summed E-state index contributed by atoms with van der Waals surface area (Å²) in [5, 5.41) is 4.10. The molecule has 1 heterocycles. The third-order valence-electron chi connectivity index (χ3n) is 2.85. The number of ether oxygens (including phenoxy) is 1. The van der Waals surface area contributed by atoms with Gasteiger partial charge in [-0.2, -0.15) is 5.10 Å². The van der Waals surface area contributed by atoms with E-state index in [0.29, 0.717) is 12.2 Å². The highest BCUT2D eigenvalue weighted by molar-refractivity contribution is 5.49. The molecule has 0 radical (unpaired) electrons. The van der Waals surface area contributed by atoms with Gasteiger partial charge >= 0.3 is 0 Å². The highest BCUT2D eigenvalue weighted by atomic mass is 16.5. The zero-order valence-corrected chi connectivity index (χ0v) is 10.8. The molecule has 2 N–H and O–H groups in total. The van der Waals surface area contributed by atoms with Gasteiger partial charge in [0.05, 0.1) is 6.54 Å². The number of nitrogens with two attached hydrogens (primary N) is 1. The Morgan fingerprint density at radius 2 is 1.95 bits per heavy atom. The molecular weight excluding hydrogens is 252 g/mol. The summed E-state index contributed by atoms with van der Waals surface area (Å²) in [6, 6.07) is 15.2. The van der Waals surface area contributed by atoms with Crippen molar-refractivity contribution in [1.82, 2.24) is 14.8 Å². The lowest BCUT2D eigenvalue weighted by Gasteiger charge is -2.12. The van der Waals surface area contributed by atoms with Gasteiger partial charge in [-0.1, -0.05) is 18.2 Å². The van der Waals surface area contributed by atoms with Gasteiger partial charge in [0.15, 0.2) is 0 Å². The SMILES string of the molecule is Nc1ccc(Oc2ccccc2)c(Cn2cncn2)c1. The van der Waals surface area contributed by atoms with Crippen LogP contribution in [0, 0.1) is 0 Å². The van der Waals surface area contributed by atoms with E-state index in [1.54, 1.807) is 11.0 Å². The third kappa shape index (κ3) is 2.77. The van der Waals surface area contributed by atoms with Gasteiger partial charge in [0.25, 0.3) is 0 Å². The van der Waals surface area contributed by atoms with Crippen LogP contribution in [0.25, 0.3) is 0 Å². The standard InChI is InChI=1S/C15H14N4O/c16-13-6-7-15(20-14-4-2-1-3-5-14)12(8-13)9-19-11-17-10-18-19/h1-8,10-11H,9,16H2. The van der Waals surface area contributed by atoms with Gasteiger partial charge in [0.1, 0.15) is 24.2 Å². The molecule has 0 fully saturated rings. The lowest BCUT2D eigenvalue weighted by Crippen LogP contribution is -2.03. The molecule has 0 unspecified atom stereocenters. The molecule has 0 aliphatic rings. The van der Waals surface area contributed by atoms with Crippen LogP contribution in [0.5, 0.6) is 11.5 Å². The minimum Gasteiger partial charge on any atom is -0.457 e. The van der Waals surface area contributed by atoms with Crippen molar-refractivity contribution in [2.75, 3.05) is 5.73 Å². The topological polar surface area (TPSA) is 66.0 Å². The lowest BCUT2D eigenvalue weighted by atomic mass is 10.1. The van der Waals surface area contributed by atoms with Crippen LogP contribution in [-0.4, -0.2) is 14.8 Å². The maximum Gasteiger partial charge on any atom is 0.137 e. The van der Waals surface area contributed by atoms with Crippen molar-refractivity contribution >= 4 is 5.69 Å². The highest BCUT2D eigenvalue weighted by Crippen LogP contribution is 2.27. The zero-order valence-electron chi connectivity index (χ0n) is 10.8. The predicted molar refractivity (Wildman–Crippen MR) is 76.5 cm³/mol. The van der Waals surface area contributed by atoms with Crippen molar-refractivity contribution in [3.8, 4) is 11.5 Å². The van der Waals surface area contributed by atoms with E-state index < -0.39 is 0 Å². The van der Waals surface area contributed by atoms with Gasteiger partial charge in [0.2, 0.25) is 0 Å². The average Bonchev–Trinajstić information content (AvgIpc) is 2.96. The van der Waals surface area contributed by atoms with Crippen LogP contribution in [-0.2, 0) is 6.54 Å². The summed E-state index contributed by atoms with van der Waals surface area (Å²) in [4.78, 5) is 3.93. The molecule has 0 amide bonds. The molecular formula is C15H14N4O. The fraction of sp³-hybridized carbons (Fsp3) is 0.0667. The van der Waals surface area contributed by atoms with Crippen LogP contribution in [0.3, 0.4) is 0 Å². The molecule has 3 aromatic rings. The number of hydrogen-bond donors (Lipinski definition) is 1. The van der Waals surface area contributed by atoms with Gasteiger partial charge in [-0.05, 0) is 30.3 Å². The second-order valence-corrected chi connectivity index (χ2v) is 4.38. The van der Waals surface area contributed by atoms with Crippen molar-refractivity contribution in [2.45, 2.75) is 6.54 Å². The number of para-hydroxylation sites is 1. The first kappa shape index (κ1) is 12.2. The van der Waals surface area contributed by atoms with Crippen molar-refractivity contribution in [3.05, 3.63) is 66.7 Å². The molecule has 5 nitrogen and oxygen atoms in total. The van der Waals surface area contributed by atoms with Crippen LogP contribution < -0.4 is 10.5 Å². The largest absolute Gasteiger partial charge is 0.457 e. The van der Waals surface area contributed by atoms with Crippen LogP contribution in [0.2, 0.25) is 0 Å². The summed E-state index contributed by atoms with van der Waals surface area (Å²) in [5.74, 6) is 1.55. The molecule has 5 heteroatoms. The zero-order chi connectivity index (χ0) is 13.8. The molecule has 2 aromatic carbocycles. The first-order chi connectivity index (χ1) is 9.81. The van der Waals surface area contributed by atoms with Crippen molar-refractivity contribution in [3.63, 3.8) is 0 Å². The minimum atomic E-state index is 0.563. The molecule has 0 saturated carbocycles. The summed E-state index contributed by atoms with van der Waals surface area (Å²) < 4.78 is 7.62. The summed E-state index contributed by atoms with van der Waals surface area (Å²) in [7, 11) is 0. The molecule has 3 rings (SSSR count). The van der Waals surface area contributed by atoms with E-state index in [-0.39, 0.29) is 0 Å². The number of hydrogen-bond acceptors (Lipinski definition) is 4. The normalized spacial score (nSPS) is 10.4. The van der Waals surface area contributed by atoms with Gasteiger partial charge in [0, 0.05) is 11.3 Å². The summed E-state index contributed by atoms with van der Waals surface area (Å²) in [6.45, 7) is 0.563. The molecule has 0 atom stereocenters. The van der Waals surface area contributed by atoms with Crippen LogP contribution in [0.15, 0.2) is 61.2 Å². The van der Waals surface area contributed by atoms with Crippen molar-refractivity contribution in [2.24, 2.45) is 0 Å². The smallest absolute Gasteiger partial charge is 0.137 e. The highest BCUT2D eigenvalue weighted by Gasteiger charge is 2.07. The predicted octanol–water partition coefficient (Wildman–Crippen LogP) is 2.70. The molecule has 0 saturated heterocycles. The van der Waals surface area contributed by atoms with E-state index in [4.69, 9.17) is 10.5 Å². The number of benzene rings is 2. The van der Waals surface area contributed by atoms with Gasteiger partial charge in [-0.25, -0.2) is 9.67 Å². The minimum absolute atomic E-state index is 0.563. The van der Waals surface area contributed by atoms with E-state index in [9.17, 15) is 0 Å². The van der Waals surface area contributed by atoms with Crippen LogP contribution >= 0.6 is 0 Å². The van der Waals surface area contributed by atoms with E-state index in [1.807, 2.05) is 48.5 Å². The van der Waals surface area contributed by atoms with E-state index in [0.717, 1.165) is 17.1 Å². The molecule has 0 aliphatic heterocycles. The van der Waals surface area contributed by atoms with E-state index in [2.05, 4.69) is 10.1 Å². The van der Waals surface area contributed by atoms with Crippen molar-refractivity contribution < 1.29 is 4.74 Å². The summed E-state index contributed by atoms with van der Waals surface area (Å²) >= 11 is 0. The number of aromatic nitrogens is 3. The van der Waals surface area contributed by atoms with Crippen molar-refractivity contribution in [1.29, 1.82) is 0 Å². The van der Waals surface area contributed by atoms with Gasteiger partial charge in [-0.3, -0.25) is 0 Å². The maximum absolute atomic E-state index is 5.90. The Hall–Kier alpha value is -2.82. The number of nitrogen functional groups attached to an aromatic ring is 1. The van der Waals surface area contributed by atoms with E-state index >= 15 is 0 Å². The first-order valence-corrected chi connectivity index (χ1v) is 6.25. The lowest BCUT2D eigenvalue weighted by molar-refractivity contribution is 0.472. The Morgan fingerprint density at radius 3 is 2.70 bits per heavy atom. The maximum atomic E-state index is 5.90. The Morgan fingerprint density at radius 1 is 1.10 bits per heavy atom. The summed E-state index contributed by atoms with van der Waals surface area (Å²) in [5.41, 5.74) is 7.50. The van der Waals surface area contributed by atoms with Crippen LogP contribution in [0.1, 0.15) is 5.56 Å². The molecule has 0 spiro atoms. The van der Waals surface area contributed by atoms with Gasteiger partial charge < -0.3 is 10.5 Å². The second kappa shape index (κ2) is 5.44. The number of anilines is 1. The Balaban J connectivity index is 1.90. The first-order valence-electron chi connectivity index (χ1n) is 6.25. The van der Waals surface area contributed by atoms with E-state index in [1.165, 1.54) is 6.33 Å². The number of nitrogens with zero attached hydrogens (tertiary/aromatic N) is 3. The molecule has 100 valence electrons. The fourth-order valence-corrected chi connectivity index (χ4v) is 1.93. The number of rotatable bonds is 4. The molecule has 20 heavy (non-hydrogen) atoms. The Kier molecular flexibility index (Phi) is 3.33. The quantitative estimate of drug-likeness (QED) is 0.737. The third-order valence-corrected chi connectivity index (χ3v) is 2.85. The fourth-order valence-electron chi connectivity index (χ4n) is 1.93. The second-order valence-electron chi connectivity index (χ2n) is 4.38. The summed E-state index contributed by atoms with van der Waals surface area (Å²) in [6.07, 6.45) is 3.17. The molecule has 0 aliphatic carbocycles. The monoisotopic (exact) mass is 266 g/mol. The molecule has 0 bridgehead atoms. The molecule has 1 aromatic heterocycles. The Bertz CT molecular complexity index is 680. The Labute approximate surface area is 116 Å². The van der Waals surface area contributed by atoms with Gasteiger partial charge in [-0.15, -0.1) is 0 Å². The average molecular weight is 266 g/mol. The van der Waals surface area contributed by atoms with Crippen LogP contribution in [0.4, 0.5) is 5.69 Å².